The minimum atomic E-state index is -0.436. The van der Waals surface area contributed by atoms with E-state index < -0.39 is 11.2 Å². The first-order valence-corrected chi connectivity index (χ1v) is 12.6. The van der Waals surface area contributed by atoms with Crippen LogP contribution in [0.3, 0.4) is 0 Å². The van der Waals surface area contributed by atoms with Crippen molar-refractivity contribution in [3.05, 3.63) is 0 Å². The second-order valence-electron chi connectivity index (χ2n) is 9.73. The van der Waals surface area contributed by atoms with Crippen molar-refractivity contribution in [3.63, 3.8) is 0 Å². The fourth-order valence-electron chi connectivity index (χ4n) is 3.21. The smallest absolute Gasteiger partial charge is 0.410 e. The van der Waals surface area contributed by atoms with Crippen LogP contribution in [0, 0.1) is 11.8 Å². The quantitative estimate of drug-likeness (QED) is 0.456. The van der Waals surface area contributed by atoms with Crippen LogP contribution >= 0.6 is 21.6 Å². The number of hydrogen-bond acceptors (Lipinski definition) is 6. The molecule has 2 aliphatic heterocycles. The number of ether oxygens (including phenoxy) is 2. The molecule has 2 saturated heterocycles. The van der Waals surface area contributed by atoms with Gasteiger partial charge in [0.2, 0.25) is 0 Å². The van der Waals surface area contributed by atoms with Gasteiger partial charge in [-0.05, 0) is 66.2 Å². The first-order chi connectivity index (χ1) is 12.9. The molecule has 2 heterocycles. The van der Waals surface area contributed by atoms with Gasteiger partial charge in [-0.2, -0.15) is 0 Å². The van der Waals surface area contributed by atoms with E-state index >= 15 is 0 Å². The van der Waals surface area contributed by atoms with Gasteiger partial charge in [0.15, 0.2) is 0 Å². The molecule has 0 aromatic heterocycles. The minimum absolute atomic E-state index is 0.194. The molecule has 2 aliphatic rings. The lowest BCUT2D eigenvalue weighted by Crippen LogP contribution is -2.35. The summed E-state index contributed by atoms with van der Waals surface area (Å²) in [5, 5.41) is 0. The van der Waals surface area contributed by atoms with Gasteiger partial charge in [-0.3, -0.25) is 0 Å². The van der Waals surface area contributed by atoms with E-state index in [-0.39, 0.29) is 12.2 Å². The summed E-state index contributed by atoms with van der Waals surface area (Å²) in [6, 6.07) is 0. The molecule has 28 heavy (non-hydrogen) atoms. The van der Waals surface area contributed by atoms with E-state index in [1.165, 1.54) is 0 Å². The van der Waals surface area contributed by atoms with E-state index in [1.54, 1.807) is 0 Å². The van der Waals surface area contributed by atoms with Crippen LogP contribution in [0.1, 0.15) is 54.4 Å². The van der Waals surface area contributed by atoms with Crippen molar-refractivity contribution in [2.45, 2.75) is 65.6 Å². The fourth-order valence-corrected chi connectivity index (χ4v) is 6.06. The molecule has 0 bridgehead atoms. The fraction of sp³-hybridized carbons (Fsp3) is 0.900. The van der Waals surface area contributed by atoms with Crippen molar-refractivity contribution in [2.75, 3.05) is 37.7 Å². The summed E-state index contributed by atoms with van der Waals surface area (Å²) in [7, 11) is 3.77. The lowest BCUT2D eigenvalue weighted by molar-refractivity contribution is 0.0279. The van der Waals surface area contributed by atoms with Crippen LogP contribution in [-0.2, 0) is 9.47 Å². The second-order valence-corrected chi connectivity index (χ2v) is 12.3. The number of amides is 2. The molecule has 0 aliphatic carbocycles. The molecule has 0 aromatic rings. The summed E-state index contributed by atoms with van der Waals surface area (Å²) < 4.78 is 10.9. The van der Waals surface area contributed by atoms with Crippen LogP contribution in [0.4, 0.5) is 9.59 Å². The monoisotopic (exact) mass is 432 g/mol. The maximum atomic E-state index is 12.1. The van der Waals surface area contributed by atoms with Crippen LogP contribution in [0.15, 0.2) is 0 Å². The predicted molar refractivity (Wildman–Crippen MR) is 117 cm³/mol. The highest BCUT2D eigenvalue weighted by molar-refractivity contribution is 8.76. The molecule has 8 heteroatoms. The summed E-state index contributed by atoms with van der Waals surface area (Å²) in [6.07, 6.45) is 1.70. The highest BCUT2D eigenvalue weighted by Gasteiger charge is 2.31. The Labute approximate surface area is 177 Å². The summed E-state index contributed by atoms with van der Waals surface area (Å²) in [6.45, 7) is 14.6. The predicted octanol–water partition coefficient (Wildman–Crippen LogP) is 4.88. The van der Waals surface area contributed by atoms with Gasteiger partial charge >= 0.3 is 12.2 Å². The minimum Gasteiger partial charge on any atom is -0.444 e. The van der Waals surface area contributed by atoms with Gasteiger partial charge in [-0.25, -0.2) is 9.59 Å². The zero-order chi connectivity index (χ0) is 20.9. The number of carbonyl (C=O) groups is 2. The summed E-state index contributed by atoms with van der Waals surface area (Å²) in [5.74, 6) is 3.16. The van der Waals surface area contributed by atoms with E-state index in [9.17, 15) is 9.59 Å². The Kier molecular flexibility index (Phi) is 8.26. The SMILES string of the molecule is CC(C)(C)OC(=O)N1CC[C@@H](CSSC[C@@H]2CCN(C(=O)OC(C)(C)C)C2)C1. The van der Waals surface area contributed by atoms with E-state index in [1.807, 2.05) is 72.9 Å². The van der Waals surface area contributed by atoms with Crippen molar-refractivity contribution >= 4 is 33.8 Å². The Morgan fingerprint density at radius 1 is 0.786 bits per heavy atom. The third kappa shape index (κ3) is 8.31. The number of rotatable bonds is 5. The molecule has 0 spiro atoms. The standard InChI is InChI=1S/C20H36N2O4S2/c1-19(2,3)25-17(23)21-9-7-15(11-21)13-27-28-14-16-8-10-22(12-16)18(24)26-20(4,5)6/h15-16H,7-14H2,1-6H3/t15-,16-/m1/s1. The molecule has 0 aromatic carbocycles. The first kappa shape index (κ1) is 23.5. The largest absolute Gasteiger partial charge is 0.444 e. The van der Waals surface area contributed by atoms with Gasteiger partial charge in [-0.1, -0.05) is 21.6 Å². The average molecular weight is 433 g/mol. The van der Waals surface area contributed by atoms with Gasteiger partial charge in [0.05, 0.1) is 0 Å². The van der Waals surface area contributed by atoms with Crippen LogP contribution in [0.25, 0.3) is 0 Å². The number of carbonyl (C=O) groups excluding carboxylic acids is 2. The molecule has 6 nitrogen and oxygen atoms in total. The molecule has 2 atom stereocenters. The van der Waals surface area contributed by atoms with E-state index in [4.69, 9.17) is 9.47 Å². The van der Waals surface area contributed by atoms with Crippen LogP contribution in [0.5, 0.6) is 0 Å². The average Bonchev–Trinajstić information content (AvgIpc) is 3.18. The summed E-state index contributed by atoms with van der Waals surface area (Å²) in [4.78, 5) is 27.9. The Morgan fingerprint density at radius 2 is 1.14 bits per heavy atom. The maximum Gasteiger partial charge on any atom is 0.410 e. The lowest BCUT2D eigenvalue weighted by Gasteiger charge is -2.24. The van der Waals surface area contributed by atoms with Crippen LogP contribution < -0.4 is 0 Å². The Hall–Kier alpha value is -0.760. The van der Waals surface area contributed by atoms with Gasteiger partial charge in [0, 0.05) is 37.7 Å². The topological polar surface area (TPSA) is 59.1 Å². The lowest BCUT2D eigenvalue weighted by atomic mass is 10.2. The highest BCUT2D eigenvalue weighted by atomic mass is 33.1. The summed E-state index contributed by atoms with van der Waals surface area (Å²) >= 11 is 0. The Balaban J connectivity index is 1.59. The van der Waals surface area contributed by atoms with Gasteiger partial charge in [0.25, 0.3) is 0 Å². The van der Waals surface area contributed by atoms with Crippen molar-refractivity contribution in [1.29, 1.82) is 0 Å². The Bertz CT molecular complexity index is 497. The Morgan fingerprint density at radius 3 is 1.46 bits per heavy atom. The van der Waals surface area contributed by atoms with Crippen LogP contribution in [-0.4, -0.2) is 70.9 Å². The van der Waals surface area contributed by atoms with Gasteiger partial charge < -0.3 is 19.3 Å². The third-order valence-corrected chi connectivity index (χ3v) is 7.26. The molecule has 162 valence electrons. The number of hydrogen-bond donors (Lipinski definition) is 0. The molecule has 0 N–H and O–H groups in total. The molecule has 2 amide bonds. The molecule has 2 rings (SSSR count). The molecular formula is C20H36N2O4S2. The van der Waals surface area contributed by atoms with Gasteiger partial charge in [0.1, 0.15) is 11.2 Å². The van der Waals surface area contributed by atoms with Crippen LogP contribution in [0.2, 0.25) is 0 Å². The zero-order valence-electron chi connectivity index (χ0n) is 18.2. The third-order valence-electron chi connectivity index (χ3n) is 4.57. The molecule has 2 fully saturated rings. The summed E-state index contributed by atoms with van der Waals surface area (Å²) in [5.41, 5.74) is -0.873. The van der Waals surface area contributed by atoms with Crippen molar-refractivity contribution in [1.82, 2.24) is 9.80 Å². The second kappa shape index (κ2) is 9.83. The van der Waals surface area contributed by atoms with E-state index in [0.717, 1.165) is 50.5 Å². The van der Waals surface area contributed by atoms with Crippen molar-refractivity contribution < 1.29 is 19.1 Å². The normalized spacial score (nSPS) is 23.2. The first-order valence-electron chi connectivity index (χ1n) is 10.1. The van der Waals surface area contributed by atoms with Crippen molar-refractivity contribution in [2.24, 2.45) is 11.8 Å². The highest BCUT2D eigenvalue weighted by Crippen LogP contribution is 2.32. The van der Waals surface area contributed by atoms with Gasteiger partial charge in [-0.15, -0.1) is 0 Å². The molecule has 0 radical (unpaired) electrons. The number of nitrogens with zero attached hydrogens (tertiary/aromatic N) is 2. The van der Waals surface area contributed by atoms with E-state index in [0.29, 0.717) is 11.8 Å². The maximum absolute atomic E-state index is 12.1. The molecule has 0 saturated carbocycles. The van der Waals surface area contributed by atoms with Crippen molar-refractivity contribution in [3.8, 4) is 0 Å². The zero-order valence-corrected chi connectivity index (χ0v) is 19.8. The molecular weight excluding hydrogens is 396 g/mol. The number of likely N-dealkylation sites (tertiary alicyclic amines) is 2. The van der Waals surface area contributed by atoms with E-state index in [2.05, 4.69) is 0 Å². The molecule has 0 unspecified atom stereocenters.